The van der Waals surface area contributed by atoms with E-state index in [1.807, 2.05) is 12.1 Å². The van der Waals surface area contributed by atoms with Crippen molar-refractivity contribution in [3.8, 4) is 23.0 Å². The van der Waals surface area contributed by atoms with Crippen molar-refractivity contribution in [1.82, 2.24) is 4.83 Å². The molecule has 33 heavy (non-hydrogen) atoms. The monoisotopic (exact) mass is 490 g/mol. The van der Waals surface area contributed by atoms with Crippen molar-refractivity contribution in [2.24, 2.45) is 5.10 Å². The Bertz CT molecular complexity index is 1230. The largest absolute Gasteiger partial charge is 0.497 e. The quantitative estimate of drug-likeness (QED) is 0.337. The molecule has 0 radical (unpaired) electrons. The zero-order chi connectivity index (χ0) is 23.8. The van der Waals surface area contributed by atoms with Gasteiger partial charge in [0.2, 0.25) is 0 Å². The van der Waals surface area contributed by atoms with E-state index in [2.05, 4.69) is 9.93 Å². The molecule has 174 valence electrons. The van der Waals surface area contributed by atoms with Gasteiger partial charge in [-0.05, 0) is 53.6 Å². The average Bonchev–Trinajstić information content (AvgIpc) is 2.83. The van der Waals surface area contributed by atoms with Crippen molar-refractivity contribution < 1.29 is 27.4 Å². The lowest BCUT2D eigenvalue weighted by Crippen LogP contribution is -2.19. The number of methoxy groups -OCH3 is 3. The van der Waals surface area contributed by atoms with Gasteiger partial charge in [0.25, 0.3) is 10.0 Å². The van der Waals surface area contributed by atoms with Crippen LogP contribution in [0.1, 0.15) is 11.1 Å². The van der Waals surface area contributed by atoms with E-state index in [1.165, 1.54) is 45.7 Å². The maximum atomic E-state index is 12.6. The zero-order valence-electron chi connectivity index (χ0n) is 18.2. The lowest BCUT2D eigenvalue weighted by molar-refractivity contribution is 0.284. The second-order valence-electron chi connectivity index (χ2n) is 6.70. The molecule has 0 aromatic heterocycles. The molecule has 0 bridgehead atoms. The van der Waals surface area contributed by atoms with Crippen molar-refractivity contribution in [2.75, 3.05) is 21.3 Å². The Kier molecular flexibility index (Phi) is 8.02. The van der Waals surface area contributed by atoms with Crippen LogP contribution in [0.2, 0.25) is 5.02 Å². The van der Waals surface area contributed by atoms with Crippen LogP contribution in [-0.2, 0) is 16.6 Å². The van der Waals surface area contributed by atoms with Gasteiger partial charge in [0.15, 0.2) is 11.5 Å². The minimum Gasteiger partial charge on any atom is -0.497 e. The summed E-state index contributed by atoms with van der Waals surface area (Å²) < 4.78 is 46.7. The van der Waals surface area contributed by atoms with Crippen molar-refractivity contribution in [1.29, 1.82) is 0 Å². The summed E-state index contributed by atoms with van der Waals surface area (Å²) in [7, 11) is 0.415. The predicted molar refractivity (Wildman–Crippen MR) is 126 cm³/mol. The van der Waals surface area contributed by atoms with Crippen molar-refractivity contribution in [3.05, 3.63) is 76.8 Å². The zero-order valence-corrected chi connectivity index (χ0v) is 19.8. The molecule has 0 aliphatic rings. The van der Waals surface area contributed by atoms with Crippen LogP contribution < -0.4 is 23.8 Å². The summed E-state index contributed by atoms with van der Waals surface area (Å²) in [6, 6.07) is 16.8. The van der Waals surface area contributed by atoms with Gasteiger partial charge in [-0.15, -0.1) is 0 Å². The third-order valence-electron chi connectivity index (χ3n) is 4.54. The number of sulfonamides is 1. The van der Waals surface area contributed by atoms with Crippen LogP contribution in [0.4, 0.5) is 0 Å². The van der Waals surface area contributed by atoms with Gasteiger partial charge in [-0.1, -0.05) is 23.7 Å². The molecule has 3 aromatic rings. The second-order valence-corrected chi connectivity index (χ2v) is 8.76. The molecular formula is C23H23ClN2O6S. The Balaban J connectivity index is 1.70. The molecule has 0 atom stereocenters. The summed E-state index contributed by atoms with van der Waals surface area (Å²) in [6.45, 7) is 0.338. The van der Waals surface area contributed by atoms with Gasteiger partial charge in [0.05, 0.1) is 27.5 Å². The van der Waals surface area contributed by atoms with Gasteiger partial charge in [-0.25, -0.2) is 0 Å². The minimum atomic E-state index is -3.96. The summed E-state index contributed by atoms with van der Waals surface area (Å²) in [5.41, 5.74) is 1.56. The highest BCUT2D eigenvalue weighted by atomic mass is 35.5. The van der Waals surface area contributed by atoms with Crippen molar-refractivity contribution in [2.45, 2.75) is 11.5 Å². The van der Waals surface area contributed by atoms with Crippen LogP contribution in [0.5, 0.6) is 23.0 Å². The molecule has 10 heteroatoms. The number of hydrogen-bond acceptors (Lipinski definition) is 7. The highest BCUT2D eigenvalue weighted by Gasteiger charge is 2.19. The van der Waals surface area contributed by atoms with Crippen LogP contribution in [-0.4, -0.2) is 36.0 Å². The van der Waals surface area contributed by atoms with Crippen LogP contribution >= 0.6 is 11.6 Å². The third kappa shape index (κ3) is 6.30. The molecule has 0 fully saturated rings. The highest BCUT2D eigenvalue weighted by molar-refractivity contribution is 7.89. The van der Waals surface area contributed by atoms with Crippen LogP contribution in [0.25, 0.3) is 0 Å². The average molecular weight is 491 g/mol. The van der Waals surface area contributed by atoms with E-state index in [1.54, 1.807) is 30.3 Å². The molecular weight excluding hydrogens is 468 g/mol. The number of halogens is 1. The maximum absolute atomic E-state index is 12.6. The van der Waals surface area contributed by atoms with Gasteiger partial charge >= 0.3 is 0 Å². The number of nitrogens with one attached hydrogen (secondary N) is 1. The second kappa shape index (κ2) is 10.9. The van der Waals surface area contributed by atoms with Gasteiger partial charge < -0.3 is 18.9 Å². The molecule has 0 saturated carbocycles. The SMILES string of the molecule is COc1ccc(S(=O)(=O)N/N=C/c2ccc(OCc3ccc(Cl)cc3)c(OC)c2)c(OC)c1. The predicted octanol–water partition coefficient (Wildman–Crippen LogP) is 4.26. The molecule has 0 heterocycles. The van der Waals surface area contributed by atoms with Gasteiger partial charge in [0, 0.05) is 11.1 Å². The Morgan fingerprint density at radius 1 is 0.879 bits per heavy atom. The molecule has 3 aromatic carbocycles. The lowest BCUT2D eigenvalue weighted by Gasteiger charge is -2.12. The number of benzene rings is 3. The Morgan fingerprint density at radius 2 is 1.61 bits per heavy atom. The van der Waals surface area contributed by atoms with E-state index >= 15 is 0 Å². The fourth-order valence-corrected chi connectivity index (χ4v) is 3.91. The van der Waals surface area contributed by atoms with E-state index in [4.69, 9.17) is 30.5 Å². The summed E-state index contributed by atoms with van der Waals surface area (Å²) >= 11 is 5.90. The summed E-state index contributed by atoms with van der Waals surface area (Å²) in [5.74, 6) is 1.63. The molecule has 0 aliphatic heterocycles. The molecule has 0 unspecified atom stereocenters. The summed E-state index contributed by atoms with van der Waals surface area (Å²) in [6.07, 6.45) is 1.36. The number of hydrazone groups is 1. The topological polar surface area (TPSA) is 95.5 Å². The first-order valence-electron chi connectivity index (χ1n) is 9.68. The van der Waals surface area contributed by atoms with E-state index in [-0.39, 0.29) is 10.6 Å². The maximum Gasteiger partial charge on any atom is 0.280 e. The first-order chi connectivity index (χ1) is 15.9. The molecule has 1 N–H and O–H groups in total. The molecule has 8 nitrogen and oxygen atoms in total. The van der Waals surface area contributed by atoms with E-state index in [0.29, 0.717) is 34.4 Å². The van der Waals surface area contributed by atoms with E-state index in [0.717, 1.165) is 5.56 Å². The van der Waals surface area contributed by atoms with E-state index in [9.17, 15) is 8.42 Å². The molecule has 3 rings (SSSR count). The number of ether oxygens (including phenoxy) is 4. The summed E-state index contributed by atoms with van der Waals surface area (Å²) in [5, 5.41) is 4.51. The fourth-order valence-electron chi connectivity index (χ4n) is 2.84. The Morgan fingerprint density at radius 3 is 2.27 bits per heavy atom. The van der Waals surface area contributed by atoms with Crippen LogP contribution in [0, 0.1) is 0 Å². The highest BCUT2D eigenvalue weighted by Crippen LogP contribution is 2.29. The number of nitrogens with zero attached hydrogens (tertiary/aromatic N) is 1. The molecule has 0 amide bonds. The van der Waals surface area contributed by atoms with Gasteiger partial charge in [-0.3, -0.25) is 0 Å². The van der Waals surface area contributed by atoms with Gasteiger partial charge in [-0.2, -0.15) is 18.4 Å². The number of hydrogen-bond donors (Lipinski definition) is 1. The standard InChI is InChI=1S/C23H23ClN2O6S/c1-29-19-9-11-23(22(13-19)31-3)33(27,28)26-25-14-17-6-10-20(21(12-17)30-2)32-15-16-4-7-18(24)8-5-16/h4-14,26H,15H2,1-3H3/b25-14+. The van der Waals surface area contributed by atoms with Crippen molar-refractivity contribution >= 4 is 27.8 Å². The first-order valence-corrected chi connectivity index (χ1v) is 11.5. The minimum absolute atomic E-state index is 0.0634. The smallest absolute Gasteiger partial charge is 0.280 e. The van der Waals surface area contributed by atoms with E-state index < -0.39 is 10.0 Å². The third-order valence-corrected chi connectivity index (χ3v) is 6.06. The van der Waals surface area contributed by atoms with Crippen molar-refractivity contribution in [3.63, 3.8) is 0 Å². The van der Waals surface area contributed by atoms with Crippen LogP contribution in [0.3, 0.4) is 0 Å². The molecule has 0 aliphatic carbocycles. The Hall–Kier alpha value is -3.43. The van der Waals surface area contributed by atoms with Gasteiger partial charge in [0.1, 0.15) is 23.0 Å². The lowest BCUT2D eigenvalue weighted by atomic mass is 10.2. The normalized spacial score (nSPS) is 11.3. The Labute approximate surface area is 197 Å². The fraction of sp³-hybridized carbons (Fsp3) is 0.174. The van der Waals surface area contributed by atoms with Crippen LogP contribution in [0.15, 0.2) is 70.7 Å². The molecule has 0 saturated heterocycles. The summed E-state index contributed by atoms with van der Waals surface area (Å²) in [4.78, 5) is 2.11. The first kappa shape index (κ1) is 24.2. The number of rotatable bonds is 10. The molecule has 0 spiro atoms.